The van der Waals surface area contributed by atoms with Crippen molar-refractivity contribution in [3.63, 3.8) is 0 Å². The Morgan fingerprint density at radius 1 is 1.07 bits per heavy atom. The molecular weight excluding hydrogens is 374 g/mol. The minimum Gasteiger partial charge on any atom is -0.281 e. The van der Waals surface area contributed by atoms with Crippen molar-refractivity contribution < 1.29 is 0 Å². The number of benzene rings is 1. The van der Waals surface area contributed by atoms with E-state index in [0.717, 1.165) is 37.3 Å². The first-order valence-corrected chi connectivity index (χ1v) is 10.5. The topological polar surface area (TPSA) is 47.8 Å². The lowest BCUT2D eigenvalue weighted by molar-refractivity contribution is 0.647. The molecule has 0 amide bonds. The fourth-order valence-electron chi connectivity index (χ4n) is 2.93. The highest BCUT2D eigenvalue weighted by Gasteiger charge is 2.17. The van der Waals surface area contributed by atoms with Crippen LogP contribution in [0.25, 0.3) is 10.2 Å². The molecule has 27 heavy (non-hydrogen) atoms. The van der Waals surface area contributed by atoms with Crippen molar-refractivity contribution in [2.75, 3.05) is 0 Å². The van der Waals surface area contributed by atoms with E-state index in [1.54, 1.807) is 33.9 Å². The Morgan fingerprint density at radius 3 is 2.59 bits per heavy atom. The zero-order valence-electron chi connectivity index (χ0n) is 15.2. The molecule has 0 N–H and O–H groups in total. The average molecular weight is 394 g/mol. The fraction of sp³-hybridized carbons (Fsp3) is 0.190. The summed E-state index contributed by atoms with van der Waals surface area (Å²) in [5.74, 6) is 0.768. The molecule has 0 aliphatic carbocycles. The molecule has 0 spiro atoms. The third kappa shape index (κ3) is 3.68. The third-order valence-electron chi connectivity index (χ3n) is 4.51. The predicted molar refractivity (Wildman–Crippen MR) is 113 cm³/mol. The summed E-state index contributed by atoms with van der Waals surface area (Å²) in [6.07, 6.45) is 1.75. The molecule has 6 heteroatoms. The molecule has 4 rings (SSSR count). The van der Waals surface area contributed by atoms with Gasteiger partial charge in [-0.1, -0.05) is 48.2 Å². The van der Waals surface area contributed by atoms with Gasteiger partial charge in [0.2, 0.25) is 0 Å². The smallest absolute Gasteiger partial charge is 0.263 e. The first kappa shape index (κ1) is 17.9. The maximum Gasteiger partial charge on any atom is 0.263 e. The summed E-state index contributed by atoms with van der Waals surface area (Å²) in [5, 5.41) is 1.47. The third-order valence-corrected chi connectivity index (χ3v) is 6.66. The highest BCUT2D eigenvalue weighted by Crippen LogP contribution is 2.29. The van der Waals surface area contributed by atoms with E-state index in [-0.39, 0.29) is 5.56 Å². The number of thioether (sulfide) groups is 1. The Bertz CT molecular complexity index is 1140. The van der Waals surface area contributed by atoms with Crippen LogP contribution in [0.5, 0.6) is 0 Å². The van der Waals surface area contributed by atoms with Gasteiger partial charge in [-0.05, 0) is 37.1 Å². The van der Waals surface area contributed by atoms with E-state index < -0.39 is 0 Å². The molecule has 0 aliphatic rings. The van der Waals surface area contributed by atoms with Crippen LogP contribution in [-0.2, 0) is 12.3 Å². The Balaban J connectivity index is 1.79. The highest BCUT2D eigenvalue weighted by atomic mass is 32.2. The standard InChI is InChI=1S/C21H19N3OS2/c1-14-15(2)27-19-18(14)20(25)24(12-17-10-6-7-11-22-17)21(23-19)26-13-16-8-4-3-5-9-16/h3-11H,12-13H2,1-2H3. The minimum absolute atomic E-state index is 0.0167. The lowest BCUT2D eigenvalue weighted by Crippen LogP contribution is -2.24. The Labute approximate surface area is 165 Å². The monoisotopic (exact) mass is 393 g/mol. The molecule has 3 aromatic heterocycles. The van der Waals surface area contributed by atoms with Crippen molar-refractivity contribution >= 4 is 33.3 Å². The van der Waals surface area contributed by atoms with Gasteiger partial charge in [-0.3, -0.25) is 14.3 Å². The summed E-state index contributed by atoms with van der Waals surface area (Å²) < 4.78 is 1.76. The van der Waals surface area contributed by atoms with E-state index in [1.807, 2.05) is 50.2 Å². The summed E-state index contributed by atoms with van der Waals surface area (Å²) in [4.78, 5) is 24.5. The van der Waals surface area contributed by atoms with Gasteiger partial charge in [0, 0.05) is 16.8 Å². The van der Waals surface area contributed by atoms with E-state index in [4.69, 9.17) is 4.98 Å². The SMILES string of the molecule is Cc1sc2nc(SCc3ccccc3)n(Cc3ccccn3)c(=O)c2c1C. The van der Waals surface area contributed by atoms with E-state index in [9.17, 15) is 4.79 Å². The quantitative estimate of drug-likeness (QED) is 0.361. The zero-order valence-corrected chi connectivity index (χ0v) is 16.8. The van der Waals surface area contributed by atoms with Gasteiger partial charge in [-0.25, -0.2) is 4.98 Å². The molecule has 4 nitrogen and oxygen atoms in total. The molecule has 0 aliphatic heterocycles. The fourth-order valence-corrected chi connectivity index (χ4v) is 4.96. The number of hydrogen-bond donors (Lipinski definition) is 0. The van der Waals surface area contributed by atoms with Crippen LogP contribution in [0.2, 0.25) is 0 Å². The summed E-state index contributed by atoms with van der Waals surface area (Å²) in [6, 6.07) is 16.0. The first-order valence-electron chi connectivity index (χ1n) is 8.70. The van der Waals surface area contributed by atoms with Crippen molar-refractivity contribution in [2.24, 2.45) is 0 Å². The molecule has 3 heterocycles. The first-order chi connectivity index (χ1) is 13.1. The molecular formula is C21H19N3OS2. The van der Waals surface area contributed by atoms with Crippen molar-refractivity contribution in [2.45, 2.75) is 31.3 Å². The number of aryl methyl sites for hydroxylation is 2. The number of pyridine rings is 1. The molecule has 0 radical (unpaired) electrons. The van der Waals surface area contributed by atoms with Gasteiger partial charge in [-0.2, -0.15) is 0 Å². The van der Waals surface area contributed by atoms with E-state index in [1.165, 1.54) is 5.56 Å². The van der Waals surface area contributed by atoms with Crippen molar-refractivity contribution in [1.29, 1.82) is 0 Å². The molecule has 4 aromatic rings. The predicted octanol–water partition coefficient (Wildman–Crippen LogP) is 4.81. The second-order valence-corrected chi connectivity index (χ2v) is 8.49. The van der Waals surface area contributed by atoms with Gasteiger partial charge in [0.1, 0.15) is 4.83 Å². The number of rotatable bonds is 5. The van der Waals surface area contributed by atoms with E-state index in [0.29, 0.717) is 6.54 Å². The normalized spacial score (nSPS) is 11.2. The van der Waals surface area contributed by atoms with Gasteiger partial charge >= 0.3 is 0 Å². The summed E-state index contributed by atoms with van der Waals surface area (Å²) in [5.41, 5.74) is 3.11. The van der Waals surface area contributed by atoms with Crippen LogP contribution in [0.15, 0.2) is 64.7 Å². The maximum absolute atomic E-state index is 13.3. The Hall–Kier alpha value is -2.44. The van der Waals surface area contributed by atoms with Gasteiger partial charge < -0.3 is 0 Å². The van der Waals surface area contributed by atoms with Crippen LogP contribution in [0, 0.1) is 13.8 Å². The highest BCUT2D eigenvalue weighted by molar-refractivity contribution is 7.98. The second kappa shape index (κ2) is 7.66. The van der Waals surface area contributed by atoms with Gasteiger partial charge in [0.05, 0.1) is 17.6 Å². The summed E-state index contributed by atoms with van der Waals surface area (Å²) in [6.45, 7) is 4.47. The van der Waals surface area contributed by atoms with Crippen LogP contribution < -0.4 is 5.56 Å². The zero-order chi connectivity index (χ0) is 18.8. The molecule has 0 atom stereocenters. The largest absolute Gasteiger partial charge is 0.281 e. The number of aromatic nitrogens is 3. The molecule has 0 bridgehead atoms. The number of nitrogens with zero attached hydrogens (tertiary/aromatic N) is 3. The summed E-state index contributed by atoms with van der Waals surface area (Å²) >= 11 is 3.18. The van der Waals surface area contributed by atoms with Gasteiger partial charge in [0.15, 0.2) is 5.16 Å². The lowest BCUT2D eigenvalue weighted by atomic mass is 10.2. The molecule has 1 aromatic carbocycles. The van der Waals surface area contributed by atoms with E-state index in [2.05, 4.69) is 17.1 Å². The maximum atomic E-state index is 13.3. The van der Waals surface area contributed by atoms with Gasteiger partial charge in [0.25, 0.3) is 5.56 Å². The van der Waals surface area contributed by atoms with Crippen LogP contribution in [0.4, 0.5) is 0 Å². The number of thiophene rings is 1. The molecule has 0 saturated carbocycles. The van der Waals surface area contributed by atoms with Crippen LogP contribution in [0.3, 0.4) is 0 Å². The molecule has 0 fully saturated rings. The average Bonchev–Trinajstić information content (AvgIpc) is 2.98. The van der Waals surface area contributed by atoms with Crippen molar-refractivity contribution in [3.05, 3.63) is 86.8 Å². The number of hydrogen-bond acceptors (Lipinski definition) is 5. The van der Waals surface area contributed by atoms with Crippen LogP contribution in [0.1, 0.15) is 21.7 Å². The van der Waals surface area contributed by atoms with Crippen LogP contribution in [-0.4, -0.2) is 14.5 Å². The molecule has 0 unspecified atom stereocenters. The second-order valence-electron chi connectivity index (χ2n) is 6.34. The Morgan fingerprint density at radius 2 is 1.85 bits per heavy atom. The Kier molecular flexibility index (Phi) is 5.09. The van der Waals surface area contributed by atoms with E-state index >= 15 is 0 Å². The minimum atomic E-state index is 0.0167. The molecule has 136 valence electrons. The van der Waals surface area contributed by atoms with Crippen molar-refractivity contribution in [1.82, 2.24) is 14.5 Å². The number of fused-ring (bicyclic) bond motifs is 1. The van der Waals surface area contributed by atoms with Crippen molar-refractivity contribution in [3.8, 4) is 0 Å². The summed E-state index contributed by atoms with van der Waals surface area (Å²) in [7, 11) is 0. The van der Waals surface area contributed by atoms with Crippen LogP contribution >= 0.6 is 23.1 Å². The lowest BCUT2D eigenvalue weighted by Gasteiger charge is -2.12. The molecule has 0 saturated heterocycles. The van der Waals surface area contributed by atoms with Gasteiger partial charge in [-0.15, -0.1) is 11.3 Å².